The van der Waals surface area contributed by atoms with Crippen LogP contribution < -0.4 is 0 Å². The molecule has 0 aromatic heterocycles. The van der Waals surface area contributed by atoms with Gasteiger partial charge in [-0.25, -0.2) is 0 Å². The van der Waals surface area contributed by atoms with Gasteiger partial charge in [0.05, 0.1) is 6.10 Å². The van der Waals surface area contributed by atoms with E-state index in [2.05, 4.69) is 0 Å². The van der Waals surface area contributed by atoms with Gasteiger partial charge in [0.1, 0.15) is 0 Å². The Kier molecular flexibility index (Phi) is 2.01. The van der Waals surface area contributed by atoms with Gasteiger partial charge >= 0.3 is 0 Å². The molecule has 0 unspecified atom stereocenters. The summed E-state index contributed by atoms with van der Waals surface area (Å²) in [6.45, 7) is 0. The minimum atomic E-state index is -0.125. The fourth-order valence-electron chi connectivity index (χ4n) is 2.22. The molecule has 0 saturated heterocycles. The Morgan fingerprint density at radius 3 is 3.00 bits per heavy atom. The van der Waals surface area contributed by atoms with Crippen LogP contribution in [0.1, 0.15) is 32.1 Å². The number of ketones is 1. The first-order valence-corrected chi connectivity index (χ1v) is 4.67. The molecule has 0 spiro atoms. The van der Waals surface area contributed by atoms with E-state index in [1.165, 1.54) is 5.57 Å². The van der Waals surface area contributed by atoms with E-state index in [4.69, 9.17) is 0 Å². The van der Waals surface area contributed by atoms with Crippen molar-refractivity contribution >= 4 is 5.78 Å². The van der Waals surface area contributed by atoms with Crippen LogP contribution in [0.3, 0.4) is 0 Å². The standard InChI is InChI=1S/C10H14O2/c11-9-3-1-7-5-10(12)4-2-8(7)6-9/h5,8-9,11H,1-4,6H2/t8-,9-/m1/s1. The summed E-state index contributed by atoms with van der Waals surface area (Å²) in [6, 6.07) is 0. The molecule has 2 heteroatoms. The van der Waals surface area contributed by atoms with Crippen molar-refractivity contribution < 1.29 is 9.90 Å². The van der Waals surface area contributed by atoms with Gasteiger partial charge in [0, 0.05) is 6.42 Å². The lowest BCUT2D eigenvalue weighted by Crippen LogP contribution is -2.25. The molecule has 0 aliphatic heterocycles. The van der Waals surface area contributed by atoms with Crippen LogP contribution in [0.4, 0.5) is 0 Å². The second-order valence-corrected chi connectivity index (χ2v) is 3.85. The minimum Gasteiger partial charge on any atom is -0.393 e. The molecule has 1 fully saturated rings. The highest BCUT2D eigenvalue weighted by molar-refractivity contribution is 5.91. The number of rotatable bonds is 0. The van der Waals surface area contributed by atoms with Crippen LogP contribution in [-0.2, 0) is 4.79 Å². The van der Waals surface area contributed by atoms with E-state index in [0.29, 0.717) is 12.3 Å². The largest absolute Gasteiger partial charge is 0.393 e. The van der Waals surface area contributed by atoms with Crippen LogP contribution in [-0.4, -0.2) is 17.0 Å². The maximum absolute atomic E-state index is 11.1. The molecule has 2 atom stereocenters. The number of fused-ring (bicyclic) bond motifs is 1. The fraction of sp³-hybridized carbons (Fsp3) is 0.700. The summed E-state index contributed by atoms with van der Waals surface area (Å²) in [4.78, 5) is 11.1. The highest BCUT2D eigenvalue weighted by Crippen LogP contribution is 2.35. The molecule has 0 bridgehead atoms. The van der Waals surface area contributed by atoms with E-state index >= 15 is 0 Å². The Bertz CT molecular complexity index is 230. The van der Waals surface area contributed by atoms with E-state index < -0.39 is 0 Å². The third-order valence-electron chi connectivity index (χ3n) is 2.93. The van der Waals surface area contributed by atoms with Crippen molar-refractivity contribution in [1.29, 1.82) is 0 Å². The first-order valence-electron chi connectivity index (χ1n) is 4.67. The predicted molar refractivity (Wildman–Crippen MR) is 45.7 cm³/mol. The topological polar surface area (TPSA) is 37.3 Å². The zero-order valence-corrected chi connectivity index (χ0v) is 7.12. The molecule has 0 amide bonds. The number of hydrogen-bond donors (Lipinski definition) is 1. The molecule has 0 radical (unpaired) electrons. The highest BCUT2D eigenvalue weighted by atomic mass is 16.3. The Morgan fingerprint density at radius 2 is 2.17 bits per heavy atom. The number of carbonyl (C=O) groups is 1. The predicted octanol–water partition coefficient (Wildman–Crippen LogP) is 1.44. The molecule has 2 aliphatic carbocycles. The number of aliphatic hydroxyl groups is 1. The van der Waals surface area contributed by atoms with E-state index in [0.717, 1.165) is 25.7 Å². The molecular formula is C10H14O2. The van der Waals surface area contributed by atoms with Crippen molar-refractivity contribution in [3.05, 3.63) is 11.6 Å². The monoisotopic (exact) mass is 166 g/mol. The summed E-state index contributed by atoms with van der Waals surface area (Å²) in [7, 11) is 0. The summed E-state index contributed by atoms with van der Waals surface area (Å²) in [5, 5.41) is 9.40. The zero-order chi connectivity index (χ0) is 8.55. The summed E-state index contributed by atoms with van der Waals surface area (Å²) >= 11 is 0. The van der Waals surface area contributed by atoms with Crippen LogP contribution in [0.15, 0.2) is 11.6 Å². The highest BCUT2D eigenvalue weighted by Gasteiger charge is 2.27. The average Bonchev–Trinajstić information content (AvgIpc) is 2.05. The van der Waals surface area contributed by atoms with Crippen LogP contribution in [0.25, 0.3) is 0 Å². The van der Waals surface area contributed by atoms with Crippen molar-refractivity contribution in [1.82, 2.24) is 0 Å². The van der Waals surface area contributed by atoms with Crippen molar-refractivity contribution in [2.24, 2.45) is 5.92 Å². The lowest BCUT2D eigenvalue weighted by molar-refractivity contribution is -0.115. The van der Waals surface area contributed by atoms with Gasteiger partial charge in [-0.15, -0.1) is 0 Å². The first-order chi connectivity index (χ1) is 5.75. The third kappa shape index (κ3) is 1.44. The summed E-state index contributed by atoms with van der Waals surface area (Å²) < 4.78 is 0. The molecule has 2 nitrogen and oxygen atoms in total. The van der Waals surface area contributed by atoms with E-state index in [9.17, 15) is 9.90 Å². The quantitative estimate of drug-likeness (QED) is 0.591. The smallest absolute Gasteiger partial charge is 0.155 e. The maximum atomic E-state index is 11.1. The molecule has 0 heterocycles. The van der Waals surface area contributed by atoms with Crippen molar-refractivity contribution in [2.45, 2.75) is 38.2 Å². The van der Waals surface area contributed by atoms with Crippen molar-refractivity contribution in [3.63, 3.8) is 0 Å². The Hall–Kier alpha value is -0.630. The molecule has 2 aliphatic rings. The van der Waals surface area contributed by atoms with Crippen molar-refractivity contribution in [3.8, 4) is 0 Å². The number of allylic oxidation sites excluding steroid dienone is 2. The van der Waals surface area contributed by atoms with E-state index in [1.807, 2.05) is 0 Å². The van der Waals surface area contributed by atoms with Crippen LogP contribution in [0, 0.1) is 5.92 Å². The van der Waals surface area contributed by atoms with Gasteiger partial charge in [-0.05, 0) is 37.7 Å². The summed E-state index contributed by atoms with van der Waals surface area (Å²) in [5.41, 5.74) is 1.29. The third-order valence-corrected chi connectivity index (χ3v) is 2.93. The fourth-order valence-corrected chi connectivity index (χ4v) is 2.22. The molecule has 12 heavy (non-hydrogen) atoms. The zero-order valence-electron chi connectivity index (χ0n) is 7.12. The van der Waals surface area contributed by atoms with Crippen LogP contribution in [0.2, 0.25) is 0 Å². The maximum Gasteiger partial charge on any atom is 0.155 e. The molecule has 2 rings (SSSR count). The lowest BCUT2D eigenvalue weighted by atomic mass is 9.76. The Labute approximate surface area is 72.3 Å². The normalized spacial score (nSPS) is 35.8. The molecule has 1 N–H and O–H groups in total. The first kappa shape index (κ1) is 7.99. The SMILES string of the molecule is O=C1C=C2CC[C@@H](O)C[C@H]2CC1. The second kappa shape index (κ2) is 3.02. The molecule has 1 saturated carbocycles. The molecular weight excluding hydrogens is 152 g/mol. The van der Waals surface area contributed by atoms with Gasteiger partial charge in [0.2, 0.25) is 0 Å². The van der Waals surface area contributed by atoms with Gasteiger partial charge in [-0.3, -0.25) is 4.79 Å². The second-order valence-electron chi connectivity index (χ2n) is 3.85. The van der Waals surface area contributed by atoms with Crippen LogP contribution in [0.5, 0.6) is 0 Å². The van der Waals surface area contributed by atoms with Gasteiger partial charge in [-0.2, -0.15) is 0 Å². The summed E-state index contributed by atoms with van der Waals surface area (Å²) in [6.07, 6.45) is 5.97. The van der Waals surface area contributed by atoms with Gasteiger partial charge in [0.25, 0.3) is 0 Å². The Morgan fingerprint density at radius 1 is 1.33 bits per heavy atom. The molecule has 66 valence electrons. The number of hydrogen-bond acceptors (Lipinski definition) is 2. The van der Waals surface area contributed by atoms with Gasteiger partial charge in [-0.1, -0.05) is 5.57 Å². The molecule has 0 aromatic carbocycles. The number of aliphatic hydroxyl groups excluding tert-OH is 1. The van der Waals surface area contributed by atoms with Gasteiger partial charge in [0.15, 0.2) is 5.78 Å². The molecule has 0 aromatic rings. The number of carbonyl (C=O) groups excluding carboxylic acids is 1. The van der Waals surface area contributed by atoms with E-state index in [-0.39, 0.29) is 11.9 Å². The van der Waals surface area contributed by atoms with Crippen molar-refractivity contribution in [2.75, 3.05) is 0 Å². The van der Waals surface area contributed by atoms with Crippen LogP contribution >= 0.6 is 0 Å². The lowest BCUT2D eigenvalue weighted by Gasteiger charge is -2.31. The minimum absolute atomic E-state index is 0.125. The summed E-state index contributed by atoms with van der Waals surface area (Å²) in [5.74, 6) is 0.782. The van der Waals surface area contributed by atoms with E-state index in [1.54, 1.807) is 6.08 Å². The Balaban J connectivity index is 2.13. The van der Waals surface area contributed by atoms with Gasteiger partial charge < -0.3 is 5.11 Å². The average molecular weight is 166 g/mol.